The lowest BCUT2D eigenvalue weighted by molar-refractivity contribution is -0.0979. The van der Waals surface area contributed by atoms with E-state index in [1.54, 1.807) is 17.0 Å². The highest BCUT2D eigenvalue weighted by Gasteiger charge is 2.28. The summed E-state index contributed by atoms with van der Waals surface area (Å²) in [5, 5.41) is 9.25. The van der Waals surface area contributed by atoms with Gasteiger partial charge in [0.05, 0.1) is 25.1 Å². The van der Waals surface area contributed by atoms with E-state index in [1.165, 1.54) is 0 Å². The molecule has 0 aliphatic carbocycles. The van der Waals surface area contributed by atoms with Crippen molar-refractivity contribution in [2.24, 2.45) is 0 Å². The van der Waals surface area contributed by atoms with E-state index in [0.717, 1.165) is 5.52 Å². The van der Waals surface area contributed by atoms with E-state index in [4.69, 9.17) is 31.9 Å². The molecule has 7 nitrogen and oxygen atoms in total. The molecule has 0 radical (unpaired) electrons. The van der Waals surface area contributed by atoms with Gasteiger partial charge in [-0.1, -0.05) is 11.6 Å². The Labute approximate surface area is 107 Å². The van der Waals surface area contributed by atoms with Crippen LogP contribution in [0.1, 0.15) is 6.23 Å². The molecule has 0 aromatic carbocycles. The molecule has 8 heteroatoms. The number of nitrogens with two attached hydrogens (primary N) is 1. The third kappa shape index (κ3) is 1.81. The molecule has 3 rings (SSSR count). The highest BCUT2D eigenvalue weighted by molar-refractivity contribution is 6.30. The van der Waals surface area contributed by atoms with Crippen LogP contribution in [0.5, 0.6) is 0 Å². The molecule has 0 bridgehead atoms. The number of halogens is 1. The van der Waals surface area contributed by atoms with Gasteiger partial charge in [-0.15, -0.1) is 0 Å². The molecule has 2 atom stereocenters. The van der Waals surface area contributed by atoms with Crippen LogP contribution in [0.25, 0.3) is 11.0 Å². The van der Waals surface area contributed by atoms with Crippen molar-refractivity contribution in [2.45, 2.75) is 12.5 Å². The summed E-state index contributed by atoms with van der Waals surface area (Å²) in [7, 11) is 0. The number of pyridine rings is 1. The van der Waals surface area contributed by atoms with Crippen LogP contribution in [-0.4, -0.2) is 39.1 Å². The average molecular weight is 271 g/mol. The van der Waals surface area contributed by atoms with Crippen molar-refractivity contribution in [3.63, 3.8) is 0 Å². The summed E-state index contributed by atoms with van der Waals surface area (Å²) in [6.07, 6.45) is 0.624. The van der Waals surface area contributed by atoms with Gasteiger partial charge in [-0.05, 0) is 0 Å². The number of fused-ring (bicyclic) bond motifs is 1. The van der Waals surface area contributed by atoms with Gasteiger partial charge in [-0.25, -0.2) is 9.97 Å². The van der Waals surface area contributed by atoms with Gasteiger partial charge in [0.25, 0.3) is 0 Å². The summed E-state index contributed by atoms with van der Waals surface area (Å²) >= 11 is 5.87. The molecular weight excluding hydrogens is 260 g/mol. The molecule has 2 aromatic heterocycles. The monoisotopic (exact) mass is 270 g/mol. The zero-order valence-electron chi connectivity index (χ0n) is 9.28. The molecule has 1 aliphatic heterocycles. The Balaban J connectivity index is 2.03. The SMILES string of the molecule is Nc1nc(Cl)cc2c1ncn2C1COC(CO)O1. The number of hydrogen-bond acceptors (Lipinski definition) is 6. The summed E-state index contributed by atoms with van der Waals surface area (Å²) in [5.41, 5.74) is 7.03. The lowest BCUT2D eigenvalue weighted by Crippen LogP contribution is -2.15. The second kappa shape index (κ2) is 4.36. The number of hydrogen-bond donors (Lipinski definition) is 2. The van der Waals surface area contributed by atoms with E-state index in [0.29, 0.717) is 17.3 Å². The van der Waals surface area contributed by atoms with Gasteiger partial charge in [-0.2, -0.15) is 0 Å². The fourth-order valence-corrected chi connectivity index (χ4v) is 2.13. The van der Waals surface area contributed by atoms with Crippen molar-refractivity contribution in [3.05, 3.63) is 17.5 Å². The summed E-state index contributed by atoms with van der Waals surface area (Å²) in [6, 6.07) is 1.66. The minimum Gasteiger partial charge on any atom is -0.391 e. The van der Waals surface area contributed by atoms with Crippen LogP contribution >= 0.6 is 11.6 Å². The van der Waals surface area contributed by atoms with Crippen LogP contribution < -0.4 is 5.73 Å². The van der Waals surface area contributed by atoms with Crippen molar-refractivity contribution < 1.29 is 14.6 Å². The Morgan fingerprint density at radius 1 is 1.61 bits per heavy atom. The summed E-state index contributed by atoms with van der Waals surface area (Å²) in [6.45, 7) is 0.143. The maximum absolute atomic E-state index is 8.96. The summed E-state index contributed by atoms with van der Waals surface area (Å²) < 4.78 is 12.5. The van der Waals surface area contributed by atoms with Crippen molar-refractivity contribution in [1.82, 2.24) is 14.5 Å². The number of ether oxygens (including phenoxy) is 2. The molecular formula is C10H11ClN4O3. The van der Waals surface area contributed by atoms with Crippen molar-refractivity contribution in [3.8, 4) is 0 Å². The van der Waals surface area contributed by atoms with Crippen molar-refractivity contribution in [2.75, 3.05) is 18.9 Å². The minimum absolute atomic E-state index is 0.187. The Morgan fingerprint density at radius 3 is 3.17 bits per heavy atom. The molecule has 3 heterocycles. The maximum Gasteiger partial charge on any atom is 0.183 e. The molecule has 2 unspecified atom stereocenters. The summed E-state index contributed by atoms with van der Waals surface area (Å²) in [4.78, 5) is 8.10. The Hall–Kier alpha value is -1.41. The number of imidazole rings is 1. The predicted octanol–water partition coefficient (Wildman–Crippen LogP) is 0.531. The van der Waals surface area contributed by atoms with Crippen LogP contribution in [0.4, 0.5) is 5.82 Å². The smallest absolute Gasteiger partial charge is 0.183 e. The van der Waals surface area contributed by atoms with E-state index in [-0.39, 0.29) is 18.7 Å². The Morgan fingerprint density at radius 2 is 2.44 bits per heavy atom. The average Bonchev–Trinajstić information content (AvgIpc) is 2.93. The zero-order chi connectivity index (χ0) is 12.7. The van der Waals surface area contributed by atoms with Crippen LogP contribution in [0, 0.1) is 0 Å². The Kier molecular flexibility index (Phi) is 2.83. The molecule has 3 N–H and O–H groups in total. The van der Waals surface area contributed by atoms with Crippen molar-refractivity contribution >= 4 is 28.5 Å². The zero-order valence-corrected chi connectivity index (χ0v) is 10.0. The molecule has 0 spiro atoms. The van der Waals surface area contributed by atoms with Gasteiger partial charge in [0.2, 0.25) is 0 Å². The summed E-state index contributed by atoms with van der Waals surface area (Å²) in [5.74, 6) is 0.272. The van der Waals surface area contributed by atoms with E-state index in [1.807, 2.05) is 0 Å². The number of nitrogen functional groups attached to an aromatic ring is 1. The minimum atomic E-state index is -0.609. The number of nitrogens with zero attached hydrogens (tertiary/aromatic N) is 3. The van der Waals surface area contributed by atoms with Crippen LogP contribution in [0.3, 0.4) is 0 Å². The highest BCUT2D eigenvalue weighted by atomic mass is 35.5. The molecule has 2 aromatic rings. The number of anilines is 1. The second-order valence-electron chi connectivity index (χ2n) is 3.89. The maximum atomic E-state index is 8.96. The molecule has 96 valence electrons. The van der Waals surface area contributed by atoms with Gasteiger partial charge < -0.3 is 24.9 Å². The van der Waals surface area contributed by atoms with Crippen LogP contribution in [0.2, 0.25) is 5.15 Å². The van der Waals surface area contributed by atoms with Gasteiger partial charge in [0, 0.05) is 6.07 Å². The molecule has 1 saturated heterocycles. The first-order valence-electron chi connectivity index (χ1n) is 5.35. The number of aliphatic hydroxyl groups is 1. The molecule has 1 aliphatic rings. The number of rotatable bonds is 2. The predicted molar refractivity (Wildman–Crippen MR) is 63.9 cm³/mol. The molecule has 0 saturated carbocycles. The standard InChI is InChI=1S/C10H11ClN4O3/c11-6-1-5-9(10(12)14-6)13-4-15(5)7-3-17-8(2-16)18-7/h1,4,7-8,16H,2-3H2,(H2,12,14). The first kappa shape index (κ1) is 11.7. The Bertz CT molecular complexity index is 588. The van der Waals surface area contributed by atoms with Gasteiger partial charge >= 0.3 is 0 Å². The van der Waals surface area contributed by atoms with E-state index < -0.39 is 6.29 Å². The van der Waals surface area contributed by atoms with Crippen LogP contribution in [-0.2, 0) is 9.47 Å². The van der Waals surface area contributed by atoms with Gasteiger partial charge in [-0.3, -0.25) is 0 Å². The molecule has 1 fully saturated rings. The van der Waals surface area contributed by atoms with E-state index in [9.17, 15) is 0 Å². The van der Waals surface area contributed by atoms with E-state index in [2.05, 4.69) is 9.97 Å². The third-order valence-electron chi connectivity index (χ3n) is 2.75. The first-order valence-corrected chi connectivity index (χ1v) is 5.73. The van der Waals surface area contributed by atoms with Gasteiger partial charge in [0.1, 0.15) is 10.7 Å². The third-order valence-corrected chi connectivity index (χ3v) is 2.94. The lowest BCUT2D eigenvalue weighted by atomic mass is 10.3. The van der Waals surface area contributed by atoms with Gasteiger partial charge in [0.15, 0.2) is 18.3 Å². The first-order chi connectivity index (χ1) is 8.69. The lowest BCUT2D eigenvalue weighted by Gasteiger charge is -2.12. The van der Waals surface area contributed by atoms with Crippen LogP contribution in [0.15, 0.2) is 12.4 Å². The fraction of sp³-hybridized carbons (Fsp3) is 0.400. The fourth-order valence-electron chi connectivity index (χ4n) is 1.94. The topological polar surface area (TPSA) is 95.4 Å². The number of aromatic nitrogens is 3. The molecule has 18 heavy (non-hydrogen) atoms. The quantitative estimate of drug-likeness (QED) is 0.773. The second-order valence-corrected chi connectivity index (χ2v) is 4.27. The van der Waals surface area contributed by atoms with E-state index >= 15 is 0 Å². The molecule has 0 amide bonds. The largest absolute Gasteiger partial charge is 0.391 e. The normalized spacial score (nSPS) is 23.9. The number of aliphatic hydroxyl groups excluding tert-OH is 1. The highest BCUT2D eigenvalue weighted by Crippen LogP contribution is 2.28. The van der Waals surface area contributed by atoms with Crippen molar-refractivity contribution in [1.29, 1.82) is 0 Å².